The van der Waals surface area contributed by atoms with Gasteiger partial charge < -0.3 is 4.90 Å². The van der Waals surface area contributed by atoms with E-state index >= 15 is 0 Å². The number of fused-ring (bicyclic) bond motifs is 3. The van der Waals surface area contributed by atoms with Gasteiger partial charge in [0.15, 0.2) is 0 Å². The van der Waals surface area contributed by atoms with Crippen molar-refractivity contribution in [2.75, 3.05) is 18.0 Å². The van der Waals surface area contributed by atoms with Gasteiger partial charge in [-0.3, -0.25) is 19.5 Å². The fourth-order valence-corrected chi connectivity index (χ4v) is 5.90. The predicted octanol–water partition coefficient (Wildman–Crippen LogP) is 6.08. The largest absolute Gasteiger partial charge is 0.363 e. The third-order valence-corrected chi connectivity index (χ3v) is 7.05. The molecule has 1 fully saturated rings. The number of aromatic nitrogens is 1. The van der Waals surface area contributed by atoms with Crippen molar-refractivity contribution in [2.45, 2.75) is 26.2 Å². The normalized spacial score (nSPS) is 14.5. The number of hydrogen-bond acceptors (Lipinski definition) is 5. The van der Waals surface area contributed by atoms with Crippen molar-refractivity contribution in [3.63, 3.8) is 0 Å². The molecule has 1 saturated heterocycles. The van der Waals surface area contributed by atoms with Crippen LogP contribution in [0.3, 0.4) is 0 Å². The number of thiophene rings is 1. The zero-order valence-electron chi connectivity index (χ0n) is 16.6. The number of non-ortho nitro benzene ring substituents is 1. The number of nitrogens with zero attached hydrogens (tertiary/aromatic N) is 3. The lowest BCUT2D eigenvalue weighted by molar-refractivity contribution is -0.384. The van der Waals surface area contributed by atoms with Crippen LogP contribution in [-0.4, -0.2) is 28.5 Å². The lowest BCUT2D eigenvalue weighted by Crippen LogP contribution is -2.28. The summed E-state index contributed by atoms with van der Waals surface area (Å²) >= 11 is 1.65. The number of benzene rings is 2. The summed E-state index contributed by atoms with van der Waals surface area (Å²) in [5.74, 6) is -0.0112. The number of carbonyl (C=O) groups excluding carboxylic acids is 1. The van der Waals surface area contributed by atoms with Gasteiger partial charge in [0, 0.05) is 48.5 Å². The van der Waals surface area contributed by atoms with E-state index in [1.54, 1.807) is 35.0 Å². The number of carbonyl (C=O) groups is 1. The first-order valence-electron chi connectivity index (χ1n) is 10.1. The molecule has 0 amide bonds. The van der Waals surface area contributed by atoms with Crippen molar-refractivity contribution < 1.29 is 9.72 Å². The summed E-state index contributed by atoms with van der Waals surface area (Å²) < 4.78 is 1.80. The first-order chi connectivity index (χ1) is 14.6. The smallest absolute Gasteiger partial charge is 0.269 e. The average Bonchev–Trinajstić information content (AvgIpc) is 3.29. The molecular formula is C23H21N3O3S. The topological polar surface area (TPSA) is 68.4 Å². The van der Waals surface area contributed by atoms with Crippen LogP contribution < -0.4 is 4.90 Å². The third kappa shape index (κ3) is 2.89. The van der Waals surface area contributed by atoms with Gasteiger partial charge in [-0.25, -0.2) is 0 Å². The molecular weight excluding hydrogens is 398 g/mol. The zero-order chi connectivity index (χ0) is 20.8. The summed E-state index contributed by atoms with van der Waals surface area (Å²) in [6, 6.07) is 14.7. The molecule has 3 heterocycles. The van der Waals surface area contributed by atoms with E-state index in [1.807, 2.05) is 30.3 Å². The molecule has 0 aliphatic carbocycles. The first kappa shape index (κ1) is 18.8. The molecule has 0 spiro atoms. The maximum Gasteiger partial charge on any atom is 0.269 e. The Bertz CT molecular complexity index is 1280. The number of para-hydroxylation sites is 1. The maximum absolute atomic E-state index is 12.6. The van der Waals surface area contributed by atoms with Gasteiger partial charge in [0.2, 0.25) is 5.91 Å². The Morgan fingerprint density at radius 3 is 2.40 bits per heavy atom. The fourth-order valence-electron chi connectivity index (χ4n) is 4.45. The predicted molar refractivity (Wildman–Crippen MR) is 122 cm³/mol. The van der Waals surface area contributed by atoms with Crippen LogP contribution in [0.25, 0.3) is 32.2 Å². The Morgan fingerprint density at radius 1 is 1.03 bits per heavy atom. The summed E-state index contributed by atoms with van der Waals surface area (Å²) in [4.78, 5) is 26.7. The van der Waals surface area contributed by atoms with Crippen LogP contribution in [0.1, 0.15) is 31.0 Å². The standard InChI is InChI=1S/C23H21N3O3S/c1-15(27)25-19-8-4-3-7-18(19)21-20(16-9-11-17(12-10-16)26(28)29)22(30-23(21)25)24-13-5-2-6-14-24/h3-4,7-12H,2,5-6,13-14H2,1H3. The van der Waals surface area contributed by atoms with Crippen LogP contribution in [0.5, 0.6) is 0 Å². The highest BCUT2D eigenvalue weighted by Gasteiger charge is 2.26. The van der Waals surface area contributed by atoms with Gasteiger partial charge in [0.1, 0.15) is 9.83 Å². The van der Waals surface area contributed by atoms with Crippen molar-refractivity contribution in [2.24, 2.45) is 0 Å². The molecule has 4 aromatic rings. The highest BCUT2D eigenvalue weighted by Crippen LogP contribution is 2.49. The molecule has 1 aliphatic rings. The van der Waals surface area contributed by atoms with Gasteiger partial charge in [-0.05, 0) is 43.0 Å². The summed E-state index contributed by atoms with van der Waals surface area (Å²) in [6.45, 7) is 3.57. The molecule has 0 atom stereocenters. The summed E-state index contributed by atoms with van der Waals surface area (Å²) in [5.41, 5.74) is 3.00. The Balaban J connectivity index is 1.84. The molecule has 5 rings (SSSR count). The maximum atomic E-state index is 12.6. The van der Waals surface area contributed by atoms with Gasteiger partial charge in [0.05, 0.1) is 10.4 Å². The molecule has 0 saturated carbocycles. The number of nitro groups is 1. The van der Waals surface area contributed by atoms with Crippen LogP contribution >= 0.6 is 11.3 Å². The SMILES string of the molecule is CC(=O)n1c2ccccc2c2c(-c3ccc([N+](=O)[O-])cc3)c(N3CCCCC3)sc21. The van der Waals surface area contributed by atoms with Crippen LogP contribution in [0.4, 0.5) is 10.7 Å². The summed E-state index contributed by atoms with van der Waals surface area (Å²) in [7, 11) is 0. The molecule has 152 valence electrons. The Morgan fingerprint density at radius 2 is 1.73 bits per heavy atom. The Kier molecular flexibility index (Phi) is 4.55. The second kappa shape index (κ2) is 7.25. The first-order valence-corrected chi connectivity index (χ1v) is 10.9. The lowest BCUT2D eigenvalue weighted by atomic mass is 10.0. The van der Waals surface area contributed by atoms with Crippen LogP contribution in [0, 0.1) is 10.1 Å². The van der Waals surface area contributed by atoms with Crippen LogP contribution in [0.15, 0.2) is 48.5 Å². The van der Waals surface area contributed by atoms with Crippen molar-refractivity contribution >= 4 is 49.1 Å². The second-order valence-electron chi connectivity index (χ2n) is 7.69. The molecule has 0 unspecified atom stereocenters. The van der Waals surface area contributed by atoms with Gasteiger partial charge in [-0.2, -0.15) is 0 Å². The fraction of sp³-hybridized carbons (Fsp3) is 0.261. The molecule has 0 radical (unpaired) electrons. The highest BCUT2D eigenvalue weighted by atomic mass is 32.1. The van der Waals surface area contributed by atoms with E-state index in [2.05, 4.69) is 11.0 Å². The van der Waals surface area contributed by atoms with E-state index in [4.69, 9.17) is 0 Å². The van der Waals surface area contributed by atoms with Crippen LogP contribution in [-0.2, 0) is 0 Å². The third-order valence-electron chi connectivity index (χ3n) is 5.81. The van der Waals surface area contributed by atoms with Crippen molar-refractivity contribution in [3.05, 3.63) is 58.6 Å². The van der Waals surface area contributed by atoms with Crippen molar-refractivity contribution in [1.29, 1.82) is 0 Å². The minimum atomic E-state index is -0.375. The number of anilines is 1. The molecule has 2 aromatic carbocycles. The summed E-state index contributed by atoms with van der Waals surface area (Å²) in [6.07, 6.45) is 3.53. The molecule has 2 aromatic heterocycles. The molecule has 1 aliphatic heterocycles. The number of piperidine rings is 1. The molecule has 7 heteroatoms. The minimum absolute atomic E-state index is 0.0112. The van der Waals surface area contributed by atoms with E-state index < -0.39 is 0 Å². The second-order valence-corrected chi connectivity index (χ2v) is 8.66. The number of nitro benzene ring substituents is 1. The van der Waals surface area contributed by atoms with Gasteiger partial charge in [-0.15, -0.1) is 0 Å². The highest BCUT2D eigenvalue weighted by molar-refractivity contribution is 7.23. The van der Waals surface area contributed by atoms with E-state index in [0.29, 0.717) is 0 Å². The van der Waals surface area contributed by atoms with Gasteiger partial charge in [-0.1, -0.05) is 29.5 Å². The minimum Gasteiger partial charge on any atom is -0.363 e. The quantitative estimate of drug-likeness (QED) is 0.298. The number of hydrogen-bond donors (Lipinski definition) is 0. The average molecular weight is 420 g/mol. The molecule has 6 nitrogen and oxygen atoms in total. The molecule has 0 bridgehead atoms. The van der Waals surface area contributed by atoms with Crippen molar-refractivity contribution in [3.8, 4) is 11.1 Å². The van der Waals surface area contributed by atoms with Gasteiger partial charge in [0.25, 0.3) is 5.69 Å². The number of rotatable bonds is 3. The molecule has 30 heavy (non-hydrogen) atoms. The Hall–Kier alpha value is -3.19. The summed E-state index contributed by atoms with van der Waals surface area (Å²) in [5, 5.41) is 14.4. The van der Waals surface area contributed by atoms with Gasteiger partial charge >= 0.3 is 0 Å². The van der Waals surface area contributed by atoms with E-state index in [1.165, 1.54) is 6.42 Å². The Labute approximate surface area is 177 Å². The monoisotopic (exact) mass is 419 g/mol. The van der Waals surface area contributed by atoms with Crippen LogP contribution in [0.2, 0.25) is 0 Å². The lowest BCUT2D eigenvalue weighted by Gasteiger charge is -2.28. The van der Waals surface area contributed by atoms with E-state index in [0.717, 1.165) is 63.2 Å². The van der Waals surface area contributed by atoms with E-state index in [9.17, 15) is 14.9 Å². The zero-order valence-corrected chi connectivity index (χ0v) is 17.4. The van der Waals surface area contributed by atoms with E-state index in [-0.39, 0.29) is 16.5 Å². The molecule has 0 N–H and O–H groups in total. The van der Waals surface area contributed by atoms with Crippen molar-refractivity contribution in [1.82, 2.24) is 4.57 Å².